The van der Waals surface area contributed by atoms with Gasteiger partial charge in [-0.15, -0.1) is 0 Å². The van der Waals surface area contributed by atoms with Crippen LogP contribution < -0.4 is 10.1 Å². The van der Waals surface area contributed by atoms with Gasteiger partial charge in [0, 0.05) is 16.3 Å². The molecule has 1 N–H and O–H groups in total. The molecule has 0 bridgehead atoms. The molecule has 0 saturated heterocycles. The molecule has 5 nitrogen and oxygen atoms in total. The lowest BCUT2D eigenvalue weighted by Gasteiger charge is -2.13. The molecule has 0 aliphatic carbocycles. The topological polar surface area (TPSA) is 64.4 Å². The van der Waals surface area contributed by atoms with Crippen molar-refractivity contribution >= 4 is 45.9 Å². The number of methoxy groups -OCH3 is 1. The number of fused-ring (bicyclic) bond motifs is 1. The maximum atomic E-state index is 12.9. The van der Waals surface area contributed by atoms with E-state index in [-0.39, 0.29) is 22.2 Å². The summed E-state index contributed by atoms with van der Waals surface area (Å²) in [6.07, 6.45) is 0. The lowest BCUT2D eigenvalue weighted by atomic mass is 10.1. The summed E-state index contributed by atoms with van der Waals surface area (Å²) in [7, 11) is 1.45. The number of halogens is 2. The molecule has 0 atom stereocenters. The highest BCUT2D eigenvalue weighted by Gasteiger charge is 2.18. The minimum atomic E-state index is -0.385. The predicted octanol–water partition coefficient (Wildman–Crippen LogP) is 6.37. The van der Waals surface area contributed by atoms with Crippen LogP contribution in [0, 0.1) is 6.92 Å². The van der Waals surface area contributed by atoms with Crippen LogP contribution in [0.5, 0.6) is 5.75 Å². The normalized spacial score (nSPS) is 10.9. The lowest BCUT2D eigenvalue weighted by molar-refractivity contribution is 0.102. The Bertz CT molecular complexity index is 1200. The first-order valence-electron chi connectivity index (χ1n) is 8.77. The van der Waals surface area contributed by atoms with Gasteiger partial charge in [-0.25, -0.2) is 4.98 Å². The summed E-state index contributed by atoms with van der Waals surface area (Å²) < 4.78 is 11.1. The van der Waals surface area contributed by atoms with E-state index in [0.29, 0.717) is 22.2 Å². The average Bonchev–Trinajstić information content (AvgIpc) is 3.13. The number of oxazole rings is 1. The van der Waals surface area contributed by atoms with Gasteiger partial charge in [-0.05, 0) is 48.9 Å². The first kappa shape index (κ1) is 19.3. The number of ether oxygens (including phenoxy) is 1. The third-order valence-electron chi connectivity index (χ3n) is 4.48. The Morgan fingerprint density at radius 1 is 1.10 bits per heavy atom. The zero-order chi connectivity index (χ0) is 20.5. The van der Waals surface area contributed by atoms with Gasteiger partial charge < -0.3 is 14.5 Å². The fraction of sp³-hybridized carbons (Fsp3) is 0.0909. The molecule has 29 heavy (non-hydrogen) atoms. The fourth-order valence-electron chi connectivity index (χ4n) is 3.01. The fourth-order valence-corrected chi connectivity index (χ4v) is 3.58. The molecule has 0 spiro atoms. The van der Waals surface area contributed by atoms with Crippen LogP contribution >= 0.6 is 23.2 Å². The predicted molar refractivity (Wildman–Crippen MR) is 115 cm³/mol. The summed E-state index contributed by atoms with van der Waals surface area (Å²) in [5, 5.41) is 3.51. The van der Waals surface area contributed by atoms with Crippen LogP contribution in [0.15, 0.2) is 59.0 Å². The van der Waals surface area contributed by atoms with Crippen molar-refractivity contribution in [2.45, 2.75) is 6.92 Å². The number of rotatable bonds is 4. The number of para-hydroxylation sites is 2. The molecule has 1 amide bonds. The number of carbonyl (C=O) groups excluding carboxylic acids is 1. The molecule has 0 fully saturated rings. The van der Waals surface area contributed by atoms with Gasteiger partial charge in [0.15, 0.2) is 5.58 Å². The number of nitrogens with one attached hydrogen (secondary N) is 1. The van der Waals surface area contributed by atoms with Crippen LogP contribution in [0.3, 0.4) is 0 Å². The average molecular weight is 427 g/mol. The Kier molecular flexibility index (Phi) is 5.18. The van der Waals surface area contributed by atoms with Gasteiger partial charge in [0.05, 0.1) is 17.7 Å². The van der Waals surface area contributed by atoms with Crippen molar-refractivity contribution in [1.29, 1.82) is 0 Å². The lowest BCUT2D eigenvalue weighted by Crippen LogP contribution is -2.14. The van der Waals surface area contributed by atoms with Crippen LogP contribution in [-0.2, 0) is 0 Å². The molecule has 1 aromatic heterocycles. The van der Waals surface area contributed by atoms with Crippen LogP contribution in [0.25, 0.3) is 22.6 Å². The van der Waals surface area contributed by atoms with Crippen LogP contribution in [0.1, 0.15) is 15.9 Å². The van der Waals surface area contributed by atoms with Crippen molar-refractivity contribution in [3.8, 4) is 17.2 Å². The third-order valence-corrected chi connectivity index (χ3v) is 4.98. The summed E-state index contributed by atoms with van der Waals surface area (Å²) in [5.74, 6) is 0.357. The maximum Gasteiger partial charge on any atom is 0.259 e. The van der Waals surface area contributed by atoms with E-state index in [0.717, 1.165) is 16.6 Å². The quantitative estimate of drug-likeness (QED) is 0.411. The number of aromatic nitrogens is 1. The zero-order valence-electron chi connectivity index (χ0n) is 15.6. The van der Waals surface area contributed by atoms with Crippen molar-refractivity contribution in [3.05, 3.63) is 75.8 Å². The molecular weight excluding hydrogens is 411 g/mol. The van der Waals surface area contributed by atoms with Crippen LogP contribution in [-0.4, -0.2) is 18.0 Å². The van der Waals surface area contributed by atoms with E-state index in [2.05, 4.69) is 10.3 Å². The highest BCUT2D eigenvalue weighted by molar-refractivity contribution is 6.36. The molecule has 146 valence electrons. The molecule has 3 aromatic carbocycles. The summed E-state index contributed by atoms with van der Waals surface area (Å²) >= 11 is 12.2. The number of anilines is 1. The number of amides is 1. The zero-order valence-corrected chi connectivity index (χ0v) is 17.1. The smallest absolute Gasteiger partial charge is 0.259 e. The second kappa shape index (κ2) is 7.78. The second-order valence-corrected chi connectivity index (χ2v) is 7.28. The minimum Gasteiger partial charge on any atom is -0.494 e. The van der Waals surface area contributed by atoms with Gasteiger partial charge in [0.25, 0.3) is 5.91 Å². The molecular formula is C22H16Cl2N2O3. The molecule has 0 aliphatic heterocycles. The number of hydrogen-bond acceptors (Lipinski definition) is 4. The largest absolute Gasteiger partial charge is 0.494 e. The Morgan fingerprint density at radius 2 is 1.90 bits per heavy atom. The van der Waals surface area contributed by atoms with Crippen molar-refractivity contribution in [2.75, 3.05) is 12.4 Å². The van der Waals surface area contributed by atoms with Crippen molar-refractivity contribution in [2.24, 2.45) is 0 Å². The molecule has 0 saturated carbocycles. The van der Waals surface area contributed by atoms with Gasteiger partial charge in [-0.1, -0.05) is 41.4 Å². The van der Waals surface area contributed by atoms with E-state index in [9.17, 15) is 4.79 Å². The first-order valence-corrected chi connectivity index (χ1v) is 9.53. The van der Waals surface area contributed by atoms with Crippen molar-refractivity contribution < 1.29 is 13.9 Å². The van der Waals surface area contributed by atoms with Gasteiger partial charge in [-0.3, -0.25) is 4.79 Å². The molecule has 0 radical (unpaired) electrons. The van der Waals surface area contributed by atoms with Gasteiger partial charge in [-0.2, -0.15) is 0 Å². The van der Waals surface area contributed by atoms with E-state index in [1.165, 1.54) is 19.2 Å². The Hall–Kier alpha value is -3.02. The van der Waals surface area contributed by atoms with E-state index >= 15 is 0 Å². The minimum absolute atomic E-state index is 0.247. The Balaban J connectivity index is 1.69. The van der Waals surface area contributed by atoms with Gasteiger partial charge >= 0.3 is 0 Å². The summed E-state index contributed by atoms with van der Waals surface area (Å²) in [5.41, 5.74) is 3.96. The number of carbonyl (C=O) groups is 1. The van der Waals surface area contributed by atoms with E-state index < -0.39 is 0 Å². The summed E-state index contributed by atoms with van der Waals surface area (Å²) in [6.45, 7) is 1.90. The Morgan fingerprint density at radius 3 is 2.66 bits per heavy atom. The monoisotopic (exact) mass is 426 g/mol. The summed E-state index contributed by atoms with van der Waals surface area (Å²) in [4.78, 5) is 17.4. The van der Waals surface area contributed by atoms with Gasteiger partial charge in [0.2, 0.25) is 5.89 Å². The number of aryl methyl sites for hydroxylation is 1. The second-order valence-electron chi connectivity index (χ2n) is 6.44. The maximum absolute atomic E-state index is 12.9. The Labute approximate surface area is 177 Å². The molecule has 4 aromatic rings. The van der Waals surface area contributed by atoms with E-state index in [4.69, 9.17) is 32.4 Å². The molecule has 4 rings (SSSR count). The molecule has 0 aliphatic rings. The van der Waals surface area contributed by atoms with Crippen molar-refractivity contribution in [1.82, 2.24) is 4.98 Å². The van der Waals surface area contributed by atoms with Crippen molar-refractivity contribution in [3.63, 3.8) is 0 Å². The van der Waals surface area contributed by atoms with E-state index in [1.54, 1.807) is 0 Å². The van der Waals surface area contributed by atoms with Crippen LogP contribution in [0.4, 0.5) is 5.69 Å². The number of benzene rings is 3. The molecule has 0 unspecified atom stereocenters. The number of nitrogens with zero attached hydrogens (tertiary/aromatic N) is 1. The molecule has 7 heteroatoms. The highest BCUT2D eigenvalue weighted by Crippen LogP contribution is 2.33. The third kappa shape index (κ3) is 3.79. The molecule has 1 heterocycles. The summed E-state index contributed by atoms with van der Waals surface area (Å²) in [6, 6.07) is 16.2. The number of hydrogen-bond donors (Lipinski definition) is 1. The van der Waals surface area contributed by atoms with E-state index in [1.807, 2.05) is 49.4 Å². The first-order chi connectivity index (χ1) is 14.0. The van der Waals surface area contributed by atoms with Gasteiger partial charge in [0.1, 0.15) is 11.3 Å². The highest BCUT2D eigenvalue weighted by atomic mass is 35.5. The van der Waals surface area contributed by atoms with Crippen LogP contribution in [0.2, 0.25) is 10.0 Å². The standard InChI is InChI=1S/C22H16Cl2N2O3/c1-12-7-8-13(22-26-17-5-3-4-6-19(17)29-22)9-18(12)25-21(27)15-10-14(23)11-16(24)20(15)28-2/h3-11H,1-2H3,(H,25,27). The SMILES string of the molecule is COc1c(Cl)cc(Cl)cc1C(=O)Nc1cc(-c2nc3ccccc3o2)ccc1C.